The molecular weight excluding hydrogens is 263 g/mol. The molecule has 0 bridgehead atoms. The quantitative estimate of drug-likeness (QED) is 0.823. The van der Waals surface area contributed by atoms with Crippen molar-refractivity contribution in [2.24, 2.45) is 5.92 Å². The van der Waals surface area contributed by atoms with Gasteiger partial charge >= 0.3 is 0 Å². The molecule has 0 spiro atoms. The molecule has 1 aromatic rings. The summed E-state index contributed by atoms with van der Waals surface area (Å²) in [5.41, 5.74) is 0.601. The predicted octanol–water partition coefficient (Wildman–Crippen LogP) is 1.64. The summed E-state index contributed by atoms with van der Waals surface area (Å²) in [5.74, 6) is 1.23. The maximum atomic E-state index is 9.03. The van der Waals surface area contributed by atoms with Crippen molar-refractivity contribution in [3.63, 3.8) is 0 Å². The highest BCUT2D eigenvalue weighted by molar-refractivity contribution is 6.30. The summed E-state index contributed by atoms with van der Waals surface area (Å²) in [6.45, 7) is 2.64. The van der Waals surface area contributed by atoms with Crippen LogP contribution in [0.2, 0.25) is 5.15 Å². The Kier molecular flexibility index (Phi) is 5.98. The monoisotopic (exact) mass is 278 g/mol. The Balaban J connectivity index is 0.00000144. The van der Waals surface area contributed by atoms with Crippen LogP contribution < -0.4 is 10.1 Å². The molecule has 0 radical (unpaired) electrons. The Morgan fingerprint density at radius 1 is 1.59 bits per heavy atom. The van der Waals surface area contributed by atoms with E-state index >= 15 is 0 Å². The number of halogens is 2. The van der Waals surface area contributed by atoms with E-state index in [1.165, 1.54) is 0 Å². The van der Waals surface area contributed by atoms with E-state index in [1.807, 2.05) is 0 Å². The minimum absolute atomic E-state index is 0. The number of nitrogens with zero attached hydrogens (tertiary/aromatic N) is 1. The molecule has 17 heavy (non-hydrogen) atoms. The number of aliphatic hydroxyl groups excluding tert-OH is 1. The van der Waals surface area contributed by atoms with Crippen LogP contribution >= 0.6 is 24.0 Å². The smallest absolute Gasteiger partial charge is 0.138 e. The molecule has 2 N–H and O–H groups in total. The molecule has 6 heteroatoms. The fourth-order valence-electron chi connectivity index (χ4n) is 1.73. The highest BCUT2D eigenvalue weighted by atomic mass is 35.5. The molecule has 1 aliphatic heterocycles. The van der Waals surface area contributed by atoms with Gasteiger partial charge in [0.05, 0.1) is 19.4 Å². The van der Waals surface area contributed by atoms with Gasteiger partial charge in [-0.1, -0.05) is 11.6 Å². The van der Waals surface area contributed by atoms with Gasteiger partial charge in [-0.2, -0.15) is 0 Å². The Bertz CT molecular complexity index is 357. The van der Waals surface area contributed by atoms with Crippen molar-refractivity contribution < 1.29 is 9.84 Å². The Morgan fingerprint density at radius 2 is 2.41 bits per heavy atom. The third-order valence-electron chi connectivity index (χ3n) is 2.71. The number of pyridine rings is 1. The zero-order chi connectivity index (χ0) is 11.4. The lowest BCUT2D eigenvalue weighted by molar-refractivity contribution is 0.255. The summed E-state index contributed by atoms with van der Waals surface area (Å²) in [5, 5.41) is 12.6. The van der Waals surface area contributed by atoms with Gasteiger partial charge in [0.2, 0.25) is 0 Å². The molecule has 1 fully saturated rings. The lowest BCUT2D eigenvalue weighted by Gasteiger charge is -2.11. The average Bonchev–Trinajstić information content (AvgIpc) is 2.81. The summed E-state index contributed by atoms with van der Waals surface area (Å²) >= 11 is 5.79. The lowest BCUT2D eigenvalue weighted by atomic mass is 10.1. The van der Waals surface area contributed by atoms with Crippen molar-refractivity contribution in [2.75, 3.05) is 19.7 Å². The zero-order valence-corrected chi connectivity index (χ0v) is 10.9. The fraction of sp³-hybridized carbons (Fsp3) is 0.545. The number of aliphatic hydroxyl groups is 1. The minimum Gasteiger partial charge on any atom is -0.492 e. The van der Waals surface area contributed by atoms with Crippen molar-refractivity contribution in [2.45, 2.75) is 13.0 Å². The largest absolute Gasteiger partial charge is 0.492 e. The molecule has 2 rings (SSSR count). The van der Waals surface area contributed by atoms with Crippen LogP contribution in [0.5, 0.6) is 5.75 Å². The molecular formula is C11H16Cl2N2O2. The highest BCUT2D eigenvalue weighted by Gasteiger charge is 2.15. The topological polar surface area (TPSA) is 54.4 Å². The van der Waals surface area contributed by atoms with Crippen molar-refractivity contribution in [3.05, 3.63) is 23.0 Å². The van der Waals surface area contributed by atoms with E-state index in [1.54, 1.807) is 12.3 Å². The normalized spacial score (nSPS) is 18.8. The van der Waals surface area contributed by atoms with Gasteiger partial charge in [-0.15, -0.1) is 12.4 Å². The highest BCUT2D eigenvalue weighted by Crippen LogP contribution is 2.20. The van der Waals surface area contributed by atoms with Crippen molar-refractivity contribution in [1.29, 1.82) is 0 Å². The van der Waals surface area contributed by atoms with E-state index in [2.05, 4.69) is 10.3 Å². The summed E-state index contributed by atoms with van der Waals surface area (Å²) in [6.07, 6.45) is 2.73. The minimum atomic E-state index is -0.117. The van der Waals surface area contributed by atoms with E-state index in [0.29, 0.717) is 29.0 Å². The van der Waals surface area contributed by atoms with Gasteiger partial charge < -0.3 is 15.2 Å². The molecule has 0 unspecified atom stereocenters. The summed E-state index contributed by atoms with van der Waals surface area (Å²) in [4.78, 5) is 3.96. The zero-order valence-electron chi connectivity index (χ0n) is 9.36. The number of nitrogens with one attached hydrogen (secondary N) is 1. The molecule has 4 nitrogen and oxygen atoms in total. The maximum Gasteiger partial charge on any atom is 0.138 e. The van der Waals surface area contributed by atoms with Gasteiger partial charge in [-0.05, 0) is 19.0 Å². The first kappa shape index (κ1) is 14.5. The fourth-order valence-corrected chi connectivity index (χ4v) is 1.90. The van der Waals surface area contributed by atoms with E-state index in [4.69, 9.17) is 21.4 Å². The first-order valence-electron chi connectivity index (χ1n) is 5.38. The molecule has 0 aromatic carbocycles. The molecule has 1 saturated heterocycles. The van der Waals surface area contributed by atoms with Gasteiger partial charge in [0.25, 0.3) is 0 Å². The number of hydrogen-bond acceptors (Lipinski definition) is 4. The van der Waals surface area contributed by atoms with Crippen LogP contribution in [-0.4, -0.2) is 29.8 Å². The number of rotatable bonds is 4. The van der Waals surface area contributed by atoms with Crippen LogP contribution in [0, 0.1) is 5.92 Å². The molecule has 0 saturated carbocycles. The SMILES string of the molecule is Cl.OCc1cc(OC[C@@H]2CCNC2)cnc1Cl. The van der Waals surface area contributed by atoms with Crippen LogP contribution in [0.3, 0.4) is 0 Å². The van der Waals surface area contributed by atoms with Crippen LogP contribution in [-0.2, 0) is 6.61 Å². The van der Waals surface area contributed by atoms with Crippen LogP contribution in [0.4, 0.5) is 0 Å². The summed E-state index contributed by atoms with van der Waals surface area (Å²) in [6, 6.07) is 1.73. The van der Waals surface area contributed by atoms with Crippen LogP contribution in [0.1, 0.15) is 12.0 Å². The summed E-state index contributed by atoms with van der Waals surface area (Å²) < 4.78 is 5.62. The first-order chi connectivity index (χ1) is 7.79. The molecule has 0 aliphatic carbocycles. The second kappa shape index (κ2) is 7.01. The van der Waals surface area contributed by atoms with Crippen molar-refractivity contribution >= 4 is 24.0 Å². The van der Waals surface area contributed by atoms with Gasteiger partial charge in [-0.25, -0.2) is 4.98 Å². The molecule has 1 aromatic heterocycles. The molecule has 96 valence electrons. The lowest BCUT2D eigenvalue weighted by Crippen LogP contribution is -2.15. The van der Waals surface area contributed by atoms with Crippen LogP contribution in [0.15, 0.2) is 12.3 Å². The predicted molar refractivity (Wildman–Crippen MR) is 68.9 cm³/mol. The number of aromatic nitrogens is 1. The van der Waals surface area contributed by atoms with Gasteiger partial charge in [0.15, 0.2) is 0 Å². The Labute approximate surface area is 112 Å². The Morgan fingerprint density at radius 3 is 3.06 bits per heavy atom. The molecule has 0 amide bonds. The molecule has 1 atom stereocenters. The Hall–Kier alpha value is -0.550. The standard InChI is InChI=1S/C11H15ClN2O2.ClH/c12-11-9(6-15)3-10(5-14-11)16-7-8-1-2-13-4-8;/h3,5,8,13,15H,1-2,4,6-7H2;1H/t8-;/m1./s1. The summed E-state index contributed by atoms with van der Waals surface area (Å²) in [7, 11) is 0. The van der Waals surface area contributed by atoms with E-state index in [9.17, 15) is 0 Å². The number of ether oxygens (including phenoxy) is 1. The van der Waals surface area contributed by atoms with Gasteiger partial charge in [-0.3, -0.25) is 0 Å². The maximum absolute atomic E-state index is 9.03. The third-order valence-corrected chi connectivity index (χ3v) is 3.05. The van der Waals surface area contributed by atoms with Gasteiger partial charge in [0, 0.05) is 18.0 Å². The van der Waals surface area contributed by atoms with Crippen molar-refractivity contribution in [3.8, 4) is 5.75 Å². The van der Waals surface area contributed by atoms with E-state index in [0.717, 1.165) is 19.5 Å². The second-order valence-corrected chi connectivity index (χ2v) is 4.31. The molecule has 1 aliphatic rings. The first-order valence-corrected chi connectivity index (χ1v) is 5.76. The van der Waals surface area contributed by atoms with Crippen molar-refractivity contribution in [1.82, 2.24) is 10.3 Å². The van der Waals surface area contributed by atoms with Crippen LogP contribution in [0.25, 0.3) is 0 Å². The molecule has 2 heterocycles. The average molecular weight is 279 g/mol. The van der Waals surface area contributed by atoms with E-state index in [-0.39, 0.29) is 19.0 Å². The van der Waals surface area contributed by atoms with Gasteiger partial charge in [0.1, 0.15) is 10.9 Å². The second-order valence-electron chi connectivity index (χ2n) is 3.95. The third kappa shape index (κ3) is 4.00. The van der Waals surface area contributed by atoms with E-state index < -0.39 is 0 Å². The number of hydrogen-bond donors (Lipinski definition) is 2.